The van der Waals surface area contributed by atoms with Crippen LogP contribution in [0.3, 0.4) is 0 Å². The number of phenolic OH excluding ortho intramolecular Hbond substituents is 3. The number of fused-ring (bicyclic) bond motifs is 1. The van der Waals surface area contributed by atoms with Crippen molar-refractivity contribution in [2.75, 3.05) is 0 Å². The molecule has 15 heavy (non-hydrogen) atoms. The molecule has 5 nitrogen and oxygen atoms in total. The number of esters is 1. The molecule has 1 atom stereocenters. The Labute approximate surface area is 85.5 Å². The van der Waals surface area contributed by atoms with Gasteiger partial charge in [-0.25, -0.2) is 4.79 Å². The second-order valence-electron chi connectivity index (χ2n) is 3.55. The molecule has 5 heteroatoms. The van der Waals surface area contributed by atoms with Gasteiger partial charge in [0.15, 0.2) is 11.5 Å². The van der Waals surface area contributed by atoms with Crippen molar-refractivity contribution >= 4 is 5.97 Å². The lowest BCUT2D eigenvalue weighted by atomic mass is 9.97. The van der Waals surface area contributed by atoms with Gasteiger partial charge in [0.2, 0.25) is 5.75 Å². The summed E-state index contributed by atoms with van der Waals surface area (Å²) in [7, 11) is 0. The fourth-order valence-electron chi connectivity index (χ4n) is 1.68. The SMILES string of the molecule is C[C@@H]1Cc2cc(O)c(O)c(O)c2C(=O)O1. The number of hydrogen-bond donors (Lipinski definition) is 3. The van der Waals surface area contributed by atoms with Crippen molar-refractivity contribution < 1.29 is 24.9 Å². The third-order valence-electron chi connectivity index (χ3n) is 2.36. The number of cyclic esters (lactones) is 1. The Morgan fingerprint density at radius 3 is 2.67 bits per heavy atom. The molecule has 0 aromatic heterocycles. The van der Waals surface area contributed by atoms with E-state index >= 15 is 0 Å². The third-order valence-corrected chi connectivity index (χ3v) is 2.36. The highest BCUT2D eigenvalue weighted by molar-refractivity contribution is 5.96. The van der Waals surface area contributed by atoms with Crippen LogP contribution in [0.4, 0.5) is 0 Å². The van der Waals surface area contributed by atoms with Gasteiger partial charge in [0.25, 0.3) is 0 Å². The molecule has 3 N–H and O–H groups in total. The van der Waals surface area contributed by atoms with Crippen LogP contribution in [0.1, 0.15) is 22.8 Å². The second-order valence-corrected chi connectivity index (χ2v) is 3.55. The number of carbonyl (C=O) groups excluding carboxylic acids is 1. The largest absolute Gasteiger partial charge is 0.504 e. The van der Waals surface area contributed by atoms with Crippen LogP contribution in [0.15, 0.2) is 6.07 Å². The normalized spacial score (nSPS) is 19.5. The average Bonchev–Trinajstić information content (AvgIpc) is 2.13. The van der Waals surface area contributed by atoms with Crippen molar-refractivity contribution in [2.24, 2.45) is 0 Å². The molecule has 0 unspecified atom stereocenters. The molecule has 0 spiro atoms. The fourth-order valence-corrected chi connectivity index (χ4v) is 1.68. The van der Waals surface area contributed by atoms with Gasteiger partial charge in [-0.3, -0.25) is 0 Å². The van der Waals surface area contributed by atoms with Crippen LogP contribution in [0.2, 0.25) is 0 Å². The van der Waals surface area contributed by atoms with Gasteiger partial charge in [0, 0.05) is 6.42 Å². The van der Waals surface area contributed by atoms with E-state index in [9.17, 15) is 20.1 Å². The molecule has 1 aliphatic heterocycles. The maximum Gasteiger partial charge on any atom is 0.342 e. The van der Waals surface area contributed by atoms with Crippen LogP contribution in [-0.4, -0.2) is 27.4 Å². The number of hydrogen-bond acceptors (Lipinski definition) is 5. The number of ether oxygens (including phenoxy) is 1. The summed E-state index contributed by atoms with van der Waals surface area (Å²) in [5.41, 5.74) is 0.412. The quantitative estimate of drug-likeness (QED) is 0.437. The van der Waals surface area contributed by atoms with Crippen LogP contribution in [0, 0.1) is 0 Å². The van der Waals surface area contributed by atoms with Crippen molar-refractivity contribution in [1.29, 1.82) is 0 Å². The van der Waals surface area contributed by atoms with E-state index in [1.54, 1.807) is 6.92 Å². The van der Waals surface area contributed by atoms with Crippen molar-refractivity contribution in [3.63, 3.8) is 0 Å². The van der Waals surface area contributed by atoms with Crippen LogP contribution >= 0.6 is 0 Å². The minimum Gasteiger partial charge on any atom is -0.504 e. The molecule has 0 saturated heterocycles. The van der Waals surface area contributed by atoms with Gasteiger partial charge in [-0.2, -0.15) is 0 Å². The fraction of sp³-hybridized carbons (Fsp3) is 0.300. The first-order valence-electron chi connectivity index (χ1n) is 4.48. The average molecular weight is 210 g/mol. The molecule has 1 aromatic carbocycles. The zero-order chi connectivity index (χ0) is 11.2. The topological polar surface area (TPSA) is 87.0 Å². The maximum absolute atomic E-state index is 11.4. The summed E-state index contributed by atoms with van der Waals surface area (Å²) in [6, 6.07) is 1.27. The molecule has 0 saturated carbocycles. The molecule has 0 radical (unpaired) electrons. The predicted molar refractivity (Wildman–Crippen MR) is 50.0 cm³/mol. The first kappa shape index (κ1) is 9.64. The van der Waals surface area contributed by atoms with Crippen LogP contribution < -0.4 is 0 Å². The van der Waals surface area contributed by atoms with E-state index in [0.717, 1.165) is 0 Å². The van der Waals surface area contributed by atoms with E-state index in [4.69, 9.17) is 4.74 Å². The Balaban J connectivity index is 2.66. The number of phenols is 3. The highest BCUT2D eigenvalue weighted by Crippen LogP contribution is 2.41. The monoisotopic (exact) mass is 210 g/mol. The summed E-state index contributed by atoms with van der Waals surface area (Å²) >= 11 is 0. The lowest BCUT2D eigenvalue weighted by Gasteiger charge is -2.22. The van der Waals surface area contributed by atoms with Crippen molar-refractivity contribution in [3.8, 4) is 17.2 Å². The summed E-state index contributed by atoms with van der Waals surface area (Å²) in [5.74, 6) is -2.44. The molecular weight excluding hydrogens is 200 g/mol. The van der Waals surface area contributed by atoms with Gasteiger partial charge < -0.3 is 20.1 Å². The molecular formula is C10H10O5. The van der Waals surface area contributed by atoms with Crippen molar-refractivity contribution in [2.45, 2.75) is 19.4 Å². The number of aromatic hydroxyl groups is 3. The van der Waals surface area contributed by atoms with Gasteiger partial charge in [0.05, 0.1) is 0 Å². The van der Waals surface area contributed by atoms with Crippen LogP contribution in [0.25, 0.3) is 0 Å². The van der Waals surface area contributed by atoms with Crippen LogP contribution in [0.5, 0.6) is 17.2 Å². The summed E-state index contributed by atoms with van der Waals surface area (Å²) in [5, 5.41) is 28.0. The lowest BCUT2D eigenvalue weighted by Crippen LogP contribution is -2.25. The van der Waals surface area contributed by atoms with E-state index in [-0.39, 0.29) is 11.7 Å². The van der Waals surface area contributed by atoms with E-state index in [2.05, 4.69) is 0 Å². The zero-order valence-corrected chi connectivity index (χ0v) is 8.02. The van der Waals surface area contributed by atoms with Crippen molar-refractivity contribution in [3.05, 3.63) is 17.2 Å². The molecule has 0 bridgehead atoms. The Morgan fingerprint density at radius 1 is 1.33 bits per heavy atom. The zero-order valence-electron chi connectivity index (χ0n) is 8.02. The van der Waals surface area contributed by atoms with Crippen LogP contribution in [-0.2, 0) is 11.2 Å². The minimum atomic E-state index is -0.694. The number of rotatable bonds is 0. The van der Waals surface area contributed by atoms with E-state index in [0.29, 0.717) is 12.0 Å². The summed E-state index contributed by atoms with van der Waals surface area (Å²) < 4.78 is 4.90. The smallest absolute Gasteiger partial charge is 0.342 e. The first-order chi connectivity index (χ1) is 7.00. The second kappa shape index (κ2) is 3.05. The molecule has 1 aliphatic rings. The Hall–Kier alpha value is -1.91. The summed E-state index contributed by atoms with van der Waals surface area (Å²) in [4.78, 5) is 11.4. The lowest BCUT2D eigenvalue weighted by molar-refractivity contribution is 0.0296. The minimum absolute atomic E-state index is 0.0663. The molecule has 0 fully saturated rings. The van der Waals surface area contributed by atoms with E-state index in [1.807, 2.05) is 0 Å². The highest BCUT2D eigenvalue weighted by Gasteiger charge is 2.29. The Morgan fingerprint density at radius 2 is 2.00 bits per heavy atom. The maximum atomic E-state index is 11.4. The Kier molecular flexibility index (Phi) is 1.96. The standard InChI is InChI=1S/C10H10O5/c1-4-2-5-3-6(11)8(12)9(13)7(5)10(14)15-4/h3-4,11-13H,2H2,1H3/t4-/m1/s1. The Bertz CT molecular complexity index is 438. The first-order valence-corrected chi connectivity index (χ1v) is 4.48. The predicted octanol–water partition coefficient (Wildman–Crippen LogP) is 0.905. The molecule has 1 heterocycles. The molecule has 80 valence electrons. The van der Waals surface area contributed by atoms with Crippen molar-refractivity contribution in [1.82, 2.24) is 0 Å². The molecule has 0 amide bonds. The number of benzene rings is 1. The van der Waals surface area contributed by atoms with Gasteiger partial charge in [0.1, 0.15) is 11.7 Å². The van der Waals surface area contributed by atoms with E-state index in [1.165, 1.54) is 6.07 Å². The third kappa shape index (κ3) is 1.36. The molecule has 2 rings (SSSR count). The number of carbonyl (C=O) groups is 1. The van der Waals surface area contributed by atoms with E-state index < -0.39 is 23.2 Å². The summed E-state index contributed by atoms with van der Waals surface area (Å²) in [6.45, 7) is 1.71. The molecule has 1 aromatic rings. The summed E-state index contributed by atoms with van der Waals surface area (Å²) in [6.07, 6.45) is 0.107. The van der Waals surface area contributed by atoms with Gasteiger partial charge in [-0.05, 0) is 18.6 Å². The highest BCUT2D eigenvalue weighted by atomic mass is 16.5. The molecule has 0 aliphatic carbocycles. The van der Waals surface area contributed by atoms with Gasteiger partial charge in [-0.15, -0.1) is 0 Å². The van der Waals surface area contributed by atoms with Gasteiger partial charge in [-0.1, -0.05) is 0 Å². The van der Waals surface area contributed by atoms with Gasteiger partial charge >= 0.3 is 5.97 Å².